The Bertz CT molecular complexity index is 1460. The van der Waals surface area contributed by atoms with Gasteiger partial charge >= 0.3 is 0 Å². The Morgan fingerprint density at radius 1 is 1.14 bits per heavy atom. The number of pyridine rings is 1. The van der Waals surface area contributed by atoms with E-state index in [1.807, 2.05) is 48.2 Å². The fourth-order valence-corrected chi connectivity index (χ4v) is 4.71. The third kappa shape index (κ3) is 5.98. The molecule has 1 unspecified atom stereocenters. The lowest BCUT2D eigenvalue weighted by Crippen LogP contribution is -2.39. The van der Waals surface area contributed by atoms with Crippen LogP contribution < -0.4 is 11.3 Å². The van der Waals surface area contributed by atoms with Crippen LogP contribution in [0, 0.1) is 6.92 Å². The number of hydrogen-bond donors (Lipinski definition) is 1. The second-order valence-electron chi connectivity index (χ2n) is 8.99. The van der Waals surface area contributed by atoms with Gasteiger partial charge in [-0.2, -0.15) is 0 Å². The maximum absolute atomic E-state index is 13.7. The van der Waals surface area contributed by atoms with Gasteiger partial charge in [0, 0.05) is 35.3 Å². The third-order valence-corrected chi connectivity index (χ3v) is 6.70. The Hall–Kier alpha value is -3.75. The van der Waals surface area contributed by atoms with Crippen LogP contribution in [0.3, 0.4) is 0 Å². The molecule has 0 radical (unpaired) electrons. The first-order chi connectivity index (χ1) is 17.8. The maximum Gasteiger partial charge on any atom is 0.264 e. The van der Waals surface area contributed by atoms with Gasteiger partial charge in [-0.1, -0.05) is 54.0 Å². The number of primary amides is 1. The number of amides is 1. The Labute approximate surface area is 219 Å². The number of halogens is 1. The van der Waals surface area contributed by atoms with Gasteiger partial charge in [0.25, 0.3) is 5.56 Å². The van der Waals surface area contributed by atoms with Gasteiger partial charge in [-0.15, -0.1) is 0 Å². The van der Waals surface area contributed by atoms with E-state index >= 15 is 0 Å². The van der Waals surface area contributed by atoms with Gasteiger partial charge in [0.1, 0.15) is 5.39 Å². The fraction of sp³-hybridized carbons (Fsp3) is 0.286. The molecule has 0 aliphatic carbocycles. The van der Waals surface area contributed by atoms with E-state index in [9.17, 15) is 14.4 Å². The number of fused-ring (bicyclic) bond motifs is 1. The molecule has 0 aliphatic rings. The molecule has 4 rings (SSSR count). The van der Waals surface area contributed by atoms with Gasteiger partial charge < -0.3 is 14.8 Å². The normalized spacial score (nSPS) is 12.2. The predicted molar refractivity (Wildman–Crippen MR) is 143 cm³/mol. The van der Waals surface area contributed by atoms with E-state index in [-0.39, 0.29) is 36.9 Å². The van der Waals surface area contributed by atoms with Gasteiger partial charge in [-0.25, -0.2) is 0 Å². The Balaban J connectivity index is 1.80. The lowest BCUT2D eigenvalue weighted by molar-refractivity contribution is -0.118. The highest BCUT2D eigenvalue weighted by molar-refractivity contribution is 6.30. The van der Waals surface area contributed by atoms with Crippen molar-refractivity contribution in [3.8, 4) is 0 Å². The number of Topliss-reactive ketones (excluding diaryl/α,β-unsaturated/α-hetero) is 1. The smallest absolute Gasteiger partial charge is 0.264 e. The molecule has 37 heavy (non-hydrogen) atoms. The number of benzene rings is 2. The van der Waals surface area contributed by atoms with Gasteiger partial charge in [-0.05, 0) is 43.2 Å². The molecule has 8 nitrogen and oxygen atoms in total. The zero-order valence-corrected chi connectivity index (χ0v) is 21.6. The van der Waals surface area contributed by atoms with E-state index in [0.29, 0.717) is 45.9 Å². The van der Waals surface area contributed by atoms with Crippen molar-refractivity contribution in [3.63, 3.8) is 0 Å². The third-order valence-electron chi connectivity index (χ3n) is 6.45. The molecule has 1 atom stereocenters. The maximum atomic E-state index is 13.7. The molecular formula is C28H29ClN4O4. The average Bonchev–Trinajstić information content (AvgIpc) is 3.26. The van der Waals surface area contributed by atoms with Crippen LogP contribution in [0.2, 0.25) is 5.02 Å². The highest BCUT2D eigenvalue weighted by atomic mass is 35.5. The van der Waals surface area contributed by atoms with Crippen LogP contribution in [0.4, 0.5) is 0 Å². The van der Waals surface area contributed by atoms with Crippen LogP contribution in [0.1, 0.15) is 53.1 Å². The van der Waals surface area contributed by atoms with Crippen molar-refractivity contribution in [3.05, 3.63) is 98.6 Å². The van der Waals surface area contributed by atoms with Crippen molar-refractivity contribution < 1.29 is 14.1 Å². The fourth-order valence-electron chi connectivity index (χ4n) is 4.58. The molecule has 9 heteroatoms. The Kier molecular flexibility index (Phi) is 8.21. The molecule has 1 amide bonds. The van der Waals surface area contributed by atoms with Crippen molar-refractivity contribution in [1.82, 2.24) is 14.6 Å². The van der Waals surface area contributed by atoms with E-state index in [2.05, 4.69) is 5.16 Å². The number of carbonyl (C=O) groups is 2. The first-order valence-electron chi connectivity index (χ1n) is 12.1. The molecule has 0 saturated carbocycles. The van der Waals surface area contributed by atoms with E-state index in [1.165, 1.54) is 0 Å². The molecule has 192 valence electrons. The summed E-state index contributed by atoms with van der Waals surface area (Å²) in [4.78, 5) is 40.5. The largest absolute Gasteiger partial charge is 0.370 e. The topological polar surface area (TPSA) is 111 Å². The van der Waals surface area contributed by atoms with E-state index < -0.39 is 5.91 Å². The van der Waals surface area contributed by atoms with Crippen molar-refractivity contribution in [2.45, 2.75) is 39.3 Å². The van der Waals surface area contributed by atoms with E-state index in [0.717, 1.165) is 5.56 Å². The number of aryl methyl sites for hydroxylation is 1. The van der Waals surface area contributed by atoms with Crippen LogP contribution in [-0.4, -0.2) is 39.4 Å². The number of nitrogens with zero attached hydrogens (tertiary/aromatic N) is 3. The number of ketones is 1. The van der Waals surface area contributed by atoms with Crippen LogP contribution in [0.25, 0.3) is 11.0 Å². The van der Waals surface area contributed by atoms with Gasteiger partial charge in [-0.3, -0.25) is 19.3 Å². The van der Waals surface area contributed by atoms with Crippen molar-refractivity contribution in [2.24, 2.45) is 5.73 Å². The van der Waals surface area contributed by atoms with Crippen LogP contribution >= 0.6 is 11.6 Å². The second-order valence-corrected chi connectivity index (χ2v) is 9.43. The number of rotatable bonds is 11. The molecule has 0 spiro atoms. The second kappa shape index (κ2) is 11.5. The predicted octanol–water partition coefficient (Wildman–Crippen LogP) is 4.51. The first kappa shape index (κ1) is 26.3. The number of carbonyl (C=O) groups excluding carboxylic acids is 2. The summed E-state index contributed by atoms with van der Waals surface area (Å²) in [6.45, 7) is 4.32. The summed E-state index contributed by atoms with van der Waals surface area (Å²) in [6, 6.07) is 17.8. The molecule has 2 heterocycles. The molecule has 0 bridgehead atoms. The lowest BCUT2D eigenvalue weighted by Gasteiger charge is -2.32. The molecule has 2 aromatic carbocycles. The quantitative estimate of drug-likeness (QED) is 0.291. The van der Waals surface area contributed by atoms with Gasteiger partial charge in [0.2, 0.25) is 5.91 Å². The summed E-state index contributed by atoms with van der Waals surface area (Å²) in [5, 5.41) is 4.97. The average molecular weight is 521 g/mol. The van der Waals surface area contributed by atoms with Crippen LogP contribution in [-0.2, 0) is 11.3 Å². The summed E-state index contributed by atoms with van der Waals surface area (Å²) in [5.41, 5.74) is 8.29. The van der Waals surface area contributed by atoms with Gasteiger partial charge in [0.15, 0.2) is 11.4 Å². The molecule has 2 aromatic heterocycles. The molecule has 0 fully saturated rings. The Morgan fingerprint density at radius 2 is 1.84 bits per heavy atom. The molecule has 0 aliphatic heterocycles. The molecular weight excluding hydrogens is 492 g/mol. The minimum absolute atomic E-state index is 0.0282. The molecule has 4 aromatic rings. The zero-order valence-electron chi connectivity index (χ0n) is 20.8. The summed E-state index contributed by atoms with van der Waals surface area (Å²) in [6.07, 6.45) is 0.635. The standard InChI is InChI=1S/C28H29ClN4O4/c1-3-22(32(14-13-26(30)35)17-24(34)20-9-11-21(29)12-10-20)23-15-25-27(18(2)31-37-25)28(36)33(23)16-19-7-5-4-6-8-19/h4-12,15,22H,3,13-14,16-17H2,1-2H3,(H2,30,35). The number of hydrogen-bond acceptors (Lipinski definition) is 6. The van der Waals surface area contributed by atoms with E-state index in [1.54, 1.807) is 35.8 Å². The molecule has 2 N–H and O–H groups in total. The Morgan fingerprint density at radius 3 is 2.49 bits per heavy atom. The monoisotopic (exact) mass is 520 g/mol. The summed E-state index contributed by atoms with van der Waals surface area (Å²) >= 11 is 5.99. The zero-order chi connectivity index (χ0) is 26.5. The summed E-state index contributed by atoms with van der Waals surface area (Å²) in [7, 11) is 0. The van der Waals surface area contributed by atoms with Crippen molar-refractivity contribution in [1.29, 1.82) is 0 Å². The minimum atomic E-state index is -0.471. The number of aromatic nitrogens is 2. The van der Waals surface area contributed by atoms with Gasteiger partial charge in [0.05, 0.1) is 24.8 Å². The lowest BCUT2D eigenvalue weighted by atomic mass is 10.0. The van der Waals surface area contributed by atoms with Crippen LogP contribution in [0.5, 0.6) is 0 Å². The minimum Gasteiger partial charge on any atom is -0.370 e. The van der Waals surface area contributed by atoms with Crippen molar-refractivity contribution >= 4 is 34.3 Å². The highest BCUT2D eigenvalue weighted by Crippen LogP contribution is 2.28. The SMILES string of the molecule is CCC(c1cc2onc(C)c2c(=O)n1Cc1ccccc1)N(CCC(N)=O)CC(=O)c1ccc(Cl)cc1. The summed E-state index contributed by atoms with van der Waals surface area (Å²) in [5.74, 6) is -0.602. The van der Waals surface area contributed by atoms with Crippen LogP contribution in [0.15, 0.2) is 70.0 Å². The highest BCUT2D eigenvalue weighted by Gasteiger charge is 2.27. The molecule has 0 saturated heterocycles. The summed E-state index contributed by atoms with van der Waals surface area (Å²) < 4.78 is 7.18. The number of nitrogens with two attached hydrogens (primary N) is 1. The first-order valence-corrected chi connectivity index (χ1v) is 12.5. The van der Waals surface area contributed by atoms with E-state index in [4.69, 9.17) is 21.9 Å². The van der Waals surface area contributed by atoms with Crippen molar-refractivity contribution in [2.75, 3.05) is 13.1 Å².